The van der Waals surface area contributed by atoms with E-state index >= 15 is 0 Å². The van der Waals surface area contributed by atoms with Gasteiger partial charge in [-0.1, -0.05) is 29.5 Å². The van der Waals surface area contributed by atoms with Crippen LogP contribution < -0.4 is 4.70 Å². The Bertz CT molecular complexity index is 670. The Morgan fingerprint density at radius 1 is 0.957 bits per heavy atom. The smallest absolute Gasteiger partial charge is 0.762 e. The van der Waals surface area contributed by atoms with Crippen molar-refractivity contribution >= 4 is 25.0 Å². The number of rotatable bonds is 2. The van der Waals surface area contributed by atoms with E-state index < -0.39 is 7.54 Å². The van der Waals surface area contributed by atoms with Crippen molar-refractivity contribution < 1.29 is 17.7 Å². The highest BCUT2D eigenvalue weighted by atomic mass is 32.2. The molecule has 0 saturated carbocycles. The van der Waals surface area contributed by atoms with Crippen LogP contribution in [0.5, 0.6) is 0 Å². The first-order chi connectivity index (χ1) is 10.3. The zero-order valence-corrected chi connectivity index (χ0v) is 13.7. The lowest BCUT2D eigenvalue weighted by molar-refractivity contribution is -0.00000766. The fraction of sp³-hybridized carbons (Fsp3) is 0.200. The number of diazo groups is 1. The monoisotopic (exact) mass is 342 g/mol. The van der Waals surface area contributed by atoms with Crippen LogP contribution in [0.3, 0.4) is 0 Å². The molecule has 8 heteroatoms. The van der Waals surface area contributed by atoms with Crippen LogP contribution in [0.4, 0.5) is 18.6 Å². The van der Waals surface area contributed by atoms with Crippen molar-refractivity contribution in [3.8, 4) is 0 Å². The maximum atomic E-state index is 9.67. The van der Waals surface area contributed by atoms with E-state index in [2.05, 4.69) is 42.2 Å². The van der Waals surface area contributed by atoms with Crippen LogP contribution in [0, 0.1) is 26.2 Å². The SMILES string of the molecule is Cc1ccc(Sc2cc(C)c([N+]#N)cc2C)cc1.FB(F)F.[F-]. The molecule has 0 unspecified atom stereocenters. The molecule has 0 saturated heterocycles. The van der Waals surface area contributed by atoms with Crippen molar-refractivity contribution in [2.45, 2.75) is 30.6 Å². The lowest BCUT2D eigenvalue weighted by Gasteiger charge is -2.05. The zero-order valence-electron chi connectivity index (χ0n) is 12.9. The molecular formula is C15H15BF4N2S. The molecule has 0 amide bonds. The molecule has 2 aromatic rings. The van der Waals surface area contributed by atoms with Gasteiger partial charge in [0, 0.05) is 21.4 Å². The van der Waals surface area contributed by atoms with E-state index in [1.807, 2.05) is 19.9 Å². The van der Waals surface area contributed by atoms with Crippen LogP contribution in [-0.4, -0.2) is 7.54 Å². The molecule has 0 fully saturated rings. The van der Waals surface area contributed by atoms with Gasteiger partial charge in [0.25, 0.3) is 0 Å². The molecule has 2 aromatic carbocycles. The lowest BCUT2D eigenvalue weighted by Crippen LogP contribution is -3.00. The number of hydrogen-bond acceptors (Lipinski definition) is 2. The van der Waals surface area contributed by atoms with Crippen LogP contribution in [-0.2, 0) is 0 Å². The first-order valence-corrected chi connectivity index (χ1v) is 7.28. The van der Waals surface area contributed by atoms with Crippen LogP contribution in [0.25, 0.3) is 4.98 Å². The summed E-state index contributed by atoms with van der Waals surface area (Å²) in [5.74, 6) is 0. The van der Waals surface area contributed by atoms with Crippen molar-refractivity contribution in [1.29, 1.82) is 5.39 Å². The summed E-state index contributed by atoms with van der Waals surface area (Å²) in [6, 6.07) is 12.4. The summed E-state index contributed by atoms with van der Waals surface area (Å²) in [6.45, 7) is 6.07. The summed E-state index contributed by atoms with van der Waals surface area (Å²) in [7, 11) is -3.67. The summed E-state index contributed by atoms with van der Waals surface area (Å²) < 4.78 is 29.0. The maximum absolute atomic E-state index is 9.67. The second-order valence-electron chi connectivity index (χ2n) is 4.67. The topological polar surface area (TPSA) is 28.1 Å². The third kappa shape index (κ3) is 7.20. The Balaban J connectivity index is 0.000000871. The van der Waals surface area contributed by atoms with Crippen LogP contribution in [0.1, 0.15) is 16.7 Å². The summed E-state index contributed by atoms with van der Waals surface area (Å²) in [4.78, 5) is 5.70. The van der Waals surface area contributed by atoms with Gasteiger partial charge in [-0.15, -0.1) is 0 Å². The predicted octanol–water partition coefficient (Wildman–Crippen LogP) is 3.13. The number of hydrogen-bond donors (Lipinski definition) is 0. The van der Waals surface area contributed by atoms with Crippen LogP contribution >= 0.6 is 11.8 Å². The summed E-state index contributed by atoms with van der Waals surface area (Å²) >= 11 is 1.73. The minimum absolute atomic E-state index is 0. The Labute approximate surface area is 137 Å². The maximum Gasteiger partial charge on any atom is 0.762 e. The van der Waals surface area contributed by atoms with E-state index in [4.69, 9.17) is 5.39 Å². The van der Waals surface area contributed by atoms with E-state index in [0.29, 0.717) is 5.69 Å². The highest BCUT2D eigenvalue weighted by molar-refractivity contribution is 7.99. The minimum atomic E-state index is -3.67. The molecule has 0 radical (unpaired) electrons. The molecule has 0 atom stereocenters. The van der Waals surface area contributed by atoms with Crippen molar-refractivity contribution in [2.24, 2.45) is 0 Å². The molecule has 0 aliphatic carbocycles. The molecule has 0 N–H and O–H groups in total. The third-order valence-electron chi connectivity index (χ3n) is 2.85. The van der Waals surface area contributed by atoms with Crippen molar-refractivity contribution in [3.63, 3.8) is 0 Å². The van der Waals surface area contributed by atoms with Gasteiger partial charge in [-0.3, -0.25) is 12.9 Å². The predicted molar refractivity (Wildman–Crippen MR) is 85.0 cm³/mol. The molecule has 2 nitrogen and oxygen atoms in total. The first kappa shape index (κ1) is 21.0. The molecule has 2 rings (SSSR count). The normalized spacial score (nSPS) is 9.09. The highest BCUT2D eigenvalue weighted by Gasteiger charge is 2.13. The van der Waals surface area contributed by atoms with Gasteiger partial charge in [0.15, 0.2) is 4.98 Å². The quantitative estimate of drug-likeness (QED) is 0.477. The Morgan fingerprint density at radius 2 is 1.48 bits per heavy atom. The second kappa shape index (κ2) is 9.90. The van der Waals surface area contributed by atoms with Gasteiger partial charge in [-0.2, -0.15) is 0 Å². The number of aryl methyl sites for hydroxylation is 3. The van der Waals surface area contributed by atoms with Crippen molar-refractivity contribution in [3.05, 3.63) is 58.1 Å². The number of nitrogens with zero attached hydrogens (tertiary/aromatic N) is 2. The van der Waals surface area contributed by atoms with Gasteiger partial charge in [-0.25, -0.2) is 0 Å². The third-order valence-corrected chi connectivity index (χ3v) is 4.02. The Kier molecular flexibility index (Phi) is 9.04. The molecule has 0 aliphatic rings. The fourth-order valence-corrected chi connectivity index (χ4v) is 2.71. The molecule has 0 aliphatic heterocycles. The van der Waals surface area contributed by atoms with Crippen LogP contribution in [0.15, 0.2) is 46.2 Å². The van der Waals surface area contributed by atoms with E-state index in [-0.39, 0.29) is 4.70 Å². The molecule has 122 valence electrons. The molecule has 0 bridgehead atoms. The second-order valence-corrected chi connectivity index (χ2v) is 5.78. The van der Waals surface area contributed by atoms with E-state index in [0.717, 1.165) is 11.1 Å². The molecular weight excluding hydrogens is 327 g/mol. The molecule has 0 spiro atoms. The van der Waals surface area contributed by atoms with E-state index in [1.54, 1.807) is 11.8 Å². The number of benzene rings is 2. The van der Waals surface area contributed by atoms with E-state index in [1.165, 1.54) is 15.4 Å². The van der Waals surface area contributed by atoms with Crippen LogP contribution in [0.2, 0.25) is 0 Å². The highest BCUT2D eigenvalue weighted by Crippen LogP contribution is 2.34. The van der Waals surface area contributed by atoms with Gasteiger partial charge in [0.05, 0.1) is 0 Å². The Morgan fingerprint density at radius 3 is 1.96 bits per heavy atom. The van der Waals surface area contributed by atoms with Gasteiger partial charge in [0.1, 0.15) is 0 Å². The van der Waals surface area contributed by atoms with Gasteiger partial charge in [-0.05, 0) is 44.5 Å². The van der Waals surface area contributed by atoms with Gasteiger partial charge in [0.2, 0.25) is 5.39 Å². The van der Waals surface area contributed by atoms with Crippen molar-refractivity contribution in [2.75, 3.05) is 0 Å². The summed E-state index contributed by atoms with van der Waals surface area (Å²) in [6.07, 6.45) is 0. The fourth-order valence-electron chi connectivity index (χ4n) is 1.73. The largest absolute Gasteiger partial charge is 1.00 e. The average Bonchev–Trinajstić information content (AvgIpc) is 2.44. The van der Waals surface area contributed by atoms with Crippen molar-refractivity contribution in [1.82, 2.24) is 0 Å². The first-order valence-electron chi connectivity index (χ1n) is 6.46. The standard InChI is InChI=1S/C15H15N2S.BF3.FH/c1-10-4-6-13(7-5-10)18-15-9-11(2)14(17-16)8-12(15)3;2-1(3)4;/h4-9H,1-3H3;;1H/q+1;;/p-1. The van der Waals surface area contributed by atoms with E-state index in [9.17, 15) is 12.9 Å². The average molecular weight is 342 g/mol. The minimum Gasteiger partial charge on any atom is -1.00 e. The molecule has 0 aromatic heterocycles. The molecule has 0 heterocycles. The van der Waals surface area contributed by atoms with Gasteiger partial charge < -0.3 is 4.70 Å². The van der Waals surface area contributed by atoms with Gasteiger partial charge >= 0.3 is 13.2 Å². The molecule has 23 heavy (non-hydrogen) atoms. The summed E-state index contributed by atoms with van der Waals surface area (Å²) in [5, 5.41) is 8.87. The zero-order chi connectivity index (χ0) is 16.7. The number of halogens is 4. The lowest BCUT2D eigenvalue weighted by atomic mass is 10.1. The Hall–Kier alpha value is -2.01. The summed E-state index contributed by atoms with van der Waals surface area (Å²) in [5.41, 5.74) is 4.01.